The van der Waals surface area contributed by atoms with Crippen molar-refractivity contribution in [3.05, 3.63) is 66.2 Å². The summed E-state index contributed by atoms with van der Waals surface area (Å²) in [5.74, 6) is 0.177. The van der Waals surface area contributed by atoms with E-state index in [-0.39, 0.29) is 17.4 Å². The molecule has 24 heavy (non-hydrogen) atoms. The zero-order valence-electron chi connectivity index (χ0n) is 13.2. The molecule has 0 aliphatic heterocycles. The highest BCUT2D eigenvalue weighted by Crippen LogP contribution is 2.20. The Morgan fingerprint density at radius 1 is 1.00 bits per heavy atom. The molecule has 1 aromatic heterocycles. The van der Waals surface area contributed by atoms with Gasteiger partial charge < -0.3 is 5.32 Å². The van der Waals surface area contributed by atoms with Gasteiger partial charge in [-0.1, -0.05) is 36.0 Å². The Bertz CT molecular complexity index is 891. The van der Waals surface area contributed by atoms with Gasteiger partial charge in [-0.3, -0.25) is 9.59 Å². The monoisotopic (exact) mass is 336 g/mol. The van der Waals surface area contributed by atoms with Crippen LogP contribution in [0, 0.1) is 0 Å². The normalized spacial score (nSPS) is 10.5. The Kier molecular flexibility index (Phi) is 4.91. The molecule has 0 aliphatic rings. The molecular formula is C19H16N2O2S. The van der Waals surface area contributed by atoms with E-state index in [0.29, 0.717) is 11.3 Å². The summed E-state index contributed by atoms with van der Waals surface area (Å²) >= 11 is 1.39. The van der Waals surface area contributed by atoms with Crippen molar-refractivity contribution in [3.8, 4) is 0 Å². The van der Waals surface area contributed by atoms with E-state index in [1.165, 1.54) is 18.7 Å². The first kappa shape index (κ1) is 16.2. The summed E-state index contributed by atoms with van der Waals surface area (Å²) in [7, 11) is 0. The summed E-state index contributed by atoms with van der Waals surface area (Å²) in [6.07, 6.45) is 0. The molecule has 3 aromatic rings. The third-order valence-electron chi connectivity index (χ3n) is 3.50. The molecule has 1 N–H and O–H groups in total. The molecular weight excluding hydrogens is 320 g/mol. The molecule has 0 radical (unpaired) electrons. The van der Waals surface area contributed by atoms with Crippen LogP contribution in [0.15, 0.2) is 65.7 Å². The zero-order chi connectivity index (χ0) is 16.9. The van der Waals surface area contributed by atoms with Crippen LogP contribution >= 0.6 is 11.8 Å². The number of rotatable bonds is 5. The molecule has 0 unspecified atom stereocenters. The Hall–Kier alpha value is -2.66. The van der Waals surface area contributed by atoms with Gasteiger partial charge >= 0.3 is 0 Å². The molecule has 3 rings (SSSR count). The number of carbonyl (C=O) groups is 2. The van der Waals surface area contributed by atoms with E-state index in [1.54, 1.807) is 24.3 Å². The second-order valence-corrected chi connectivity index (χ2v) is 6.31. The van der Waals surface area contributed by atoms with Gasteiger partial charge in [-0.2, -0.15) is 0 Å². The van der Waals surface area contributed by atoms with E-state index in [0.717, 1.165) is 15.9 Å². The fraction of sp³-hybridized carbons (Fsp3) is 0.105. The van der Waals surface area contributed by atoms with E-state index < -0.39 is 0 Å². The third-order valence-corrected chi connectivity index (χ3v) is 4.43. The molecule has 0 atom stereocenters. The van der Waals surface area contributed by atoms with Gasteiger partial charge in [0.05, 0.1) is 16.3 Å². The zero-order valence-corrected chi connectivity index (χ0v) is 14.0. The lowest BCUT2D eigenvalue weighted by atomic mass is 10.1. The number of carbonyl (C=O) groups excluding carboxylic acids is 2. The summed E-state index contributed by atoms with van der Waals surface area (Å²) < 4.78 is 0. The lowest BCUT2D eigenvalue weighted by Gasteiger charge is -2.06. The standard InChI is InChI=1S/C19H16N2O2S/c1-13(22)14-6-9-16(10-7-14)20-18(23)12-24-19-11-8-15-4-2-3-5-17(15)21-19/h2-11H,12H2,1H3,(H,20,23). The average molecular weight is 336 g/mol. The topological polar surface area (TPSA) is 59.1 Å². The van der Waals surface area contributed by atoms with Crippen LogP contribution in [0.3, 0.4) is 0 Å². The molecule has 0 spiro atoms. The van der Waals surface area contributed by atoms with Crippen molar-refractivity contribution in [3.63, 3.8) is 0 Å². The van der Waals surface area contributed by atoms with E-state index >= 15 is 0 Å². The minimum absolute atomic E-state index is 0.00538. The predicted molar refractivity (Wildman–Crippen MR) is 97.5 cm³/mol. The average Bonchev–Trinajstić information content (AvgIpc) is 2.60. The van der Waals surface area contributed by atoms with Crippen molar-refractivity contribution in [1.29, 1.82) is 0 Å². The number of aromatic nitrogens is 1. The van der Waals surface area contributed by atoms with Crippen LogP contribution in [-0.4, -0.2) is 22.4 Å². The molecule has 0 saturated carbocycles. The third kappa shape index (κ3) is 4.00. The number of benzene rings is 2. The van der Waals surface area contributed by atoms with Crippen LogP contribution in [0.1, 0.15) is 17.3 Å². The lowest BCUT2D eigenvalue weighted by Crippen LogP contribution is -2.14. The second kappa shape index (κ2) is 7.27. The number of Topliss-reactive ketones (excluding diaryl/α,β-unsaturated/α-hetero) is 1. The van der Waals surface area contributed by atoms with Gasteiger partial charge in [0.15, 0.2) is 5.78 Å². The minimum atomic E-state index is -0.106. The van der Waals surface area contributed by atoms with Gasteiger partial charge in [0.25, 0.3) is 0 Å². The highest BCUT2D eigenvalue weighted by molar-refractivity contribution is 7.99. The Labute approximate surface area is 144 Å². The number of amides is 1. The fourth-order valence-corrected chi connectivity index (χ4v) is 2.93. The maximum atomic E-state index is 12.0. The highest BCUT2D eigenvalue weighted by atomic mass is 32.2. The van der Waals surface area contributed by atoms with Gasteiger partial charge in [-0.25, -0.2) is 4.98 Å². The van der Waals surface area contributed by atoms with Crippen molar-refractivity contribution >= 4 is 40.0 Å². The number of nitrogens with zero attached hydrogens (tertiary/aromatic N) is 1. The molecule has 0 fully saturated rings. The van der Waals surface area contributed by atoms with Crippen molar-refractivity contribution in [2.45, 2.75) is 11.9 Å². The largest absolute Gasteiger partial charge is 0.325 e. The number of anilines is 1. The Morgan fingerprint density at radius 2 is 1.75 bits per heavy atom. The second-order valence-electron chi connectivity index (χ2n) is 5.31. The number of ketones is 1. The summed E-state index contributed by atoms with van der Waals surface area (Å²) in [4.78, 5) is 27.8. The maximum absolute atomic E-state index is 12.0. The van der Waals surface area contributed by atoms with Crippen LogP contribution in [0.5, 0.6) is 0 Å². The maximum Gasteiger partial charge on any atom is 0.234 e. The van der Waals surface area contributed by atoms with E-state index in [9.17, 15) is 9.59 Å². The van der Waals surface area contributed by atoms with Gasteiger partial charge in [-0.05, 0) is 43.3 Å². The molecule has 1 amide bonds. The lowest BCUT2D eigenvalue weighted by molar-refractivity contribution is -0.113. The van der Waals surface area contributed by atoms with Crippen LogP contribution < -0.4 is 5.32 Å². The van der Waals surface area contributed by atoms with Gasteiger partial charge in [0.2, 0.25) is 5.91 Å². The first-order chi connectivity index (χ1) is 11.6. The number of hydrogen-bond acceptors (Lipinski definition) is 4. The van der Waals surface area contributed by atoms with Crippen molar-refractivity contribution in [2.24, 2.45) is 0 Å². The molecule has 4 nitrogen and oxygen atoms in total. The molecule has 120 valence electrons. The predicted octanol–water partition coefficient (Wildman–Crippen LogP) is 4.17. The van der Waals surface area contributed by atoms with Gasteiger partial charge in [-0.15, -0.1) is 0 Å². The number of fused-ring (bicyclic) bond motifs is 1. The first-order valence-corrected chi connectivity index (χ1v) is 8.50. The van der Waals surface area contributed by atoms with Gasteiger partial charge in [0.1, 0.15) is 0 Å². The molecule has 0 saturated heterocycles. The summed E-state index contributed by atoms with van der Waals surface area (Å²) in [6, 6.07) is 18.7. The minimum Gasteiger partial charge on any atom is -0.325 e. The van der Waals surface area contributed by atoms with Crippen LogP contribution in [-0.2, 0) is 4.79 Å². The fourth-order valence-electron chi connectivity index (χ4n) is 2.25. The Morgan fingerprint density at radius 3 is 2.50 bits per heavy atom. The quantitative estimate of drug-likeness (QED) is 0.561. The van der Waals surface area contributed by atoms with E-state index in [1.807, 2.05) is 36.4 Å². The van der Waals surface area contributed by atoms with E-state index in [2.05, 4.69) is 10.3 Å². The highest BCUT2D eigenvalue weighted by Gasteiger charge is 2.06. The number of nitrogens with one attached hydrogen (secondary N) is 1. The number of para-hydroxylation sites is 1. The SMILES string of the molecule is CC(=O)c1ccc(NC(=O)CSc2ccc3ccccc3n2)cc1. The summed E-state index contributed by atoms with van der Waals surface area (Å²) in [5, 5.41) is 4.71. The van der Waals surface area contributed by atoms with Crippen LogP contribution in [0.2, 0.25) is 0 Å². The molecule has 5 heteroatoms. The van der Waals surface area contributed by atoms with Crippen molar-refractivity contribution in [1.82, 2.24) is 4.98 Å². The van der Waals surface area contributed by atoms with Crippen LogP contribution in [0.4, 0.5) is 5.69 Å². The molecule has 0 aliphatic carbocycles. The molecule has 1 heterocycles. The van der Waals surface area contributed by atoms with Crippen LogP contribution in [0.25, 0.3) is 10.9 Å². The number of pyridine rings is 1. The molecule has 2 aromatic carbocycles. The number of hydrogen-bond donors (Lipinski definition) is 1. The van der Waals surface area contributed by atoms with Crippen molar-refractivity contribution < 1.29 is 9.59 Å². The molecule has 0 bridgehead atoms. The van der Waals surface area contributed by atoms with Crippen molar-refractivity contribution in [2.75, 3.05) is 11.1 Å². The summed E-state index contributed by atoms with van der Waals surface area (Å²) in [5.41, 5.74) is 2.22. The smallest absolute Gasteiger partial charge is 0.234 e. The van der Waals surface area contributed by atoms with Gasteiger partial charge in [0, 0.05) is 16.6 Å². The first-order valence-electron chi connectivity index (χ1n) is 7.51. The van der Waals surface area contributed by atoms with E-state index in [4.69, 9.17) is 0 Å². The summed E-state index contributed by atoms with van der Waals surface area (Å²) in [6.45, 7) is 1.51. The Balaban J connectivity index is 1.59. The number of thioether (sulfide) groups is 1.